The number of rotatable bonds is 6. The molecule has 0 aliphatic carbocycles. The number of aryl methyl sites for hydroxylation is 1. The van der Waals surface area contributed by atoms with Gasteiger partial charge in [-0.3, -0.25) is 4.79 Å². The van der Waals surface area contributed by atoms with Gasteiger partial charge in [-0.05, 0) is 25.0 Å². The number of methoxy groups -OCH3 is 2. The number of oxazole rings is 1. The minimum atomic E-state index is 0.175. The number of hydrogen-bond donors (Lipinski definition) is 0. The van der Waals surface area contributed by atoms with E-state index in [1.54, 1.807) is 26.5 Å². The predicted octanol–water partition coefficient (Wildman–Crippen LogP) is 2.91. The summed E-state index contributed by atoms with van der Waals surface area (Å²) < 4.78 is 16.4. The third kappa shape index (κ3) is 3.53. The van der Waals surface area contributed by atoms with Crippen molar-refractivity contribution >= 4 is 5.91 Å². The Morgan fingerprint density at radius 3 is 2.75 bits per heavy atom. The van der Waals surface area contributed by atoms with Crippen LogP contribution in [0.15, 0.2) is 28.8 Å². The van der Waals surface area contributed by atoms with Crippen LogP contribution in [-0.2, 0) is 11.2 Å². The molecule has 0 unspecified atom stereocenters. The number of carbonyl (C=O) groups is 1. The van der Waals surface area contributed by atoms with Crippen LogP contribution in [0.5, 0.6) is 11.5 Å². The van der Waals surface area contributed by atoms with Crippen molar-refractivity contribution in [3.8, 4) is 22.8 Å². The normalized spacial score (nSPS) is 14.0. The molecule has 1 aliphatic rings. The lowest BCUT2D eigenvalue weighted by molar-refractivity contribution is -0.130. The first kappa shape index (κ1) is 16.4. The van der Waals surface area contributed by atoms with E-state index in [-0.39, 0.29) is 5.91 Å². The van der Waals surface area contributed by atoms with E-state index in [0.29, 0.717) is 36.0 Å². The molecule has 6 heteroatoms. The van der Waals surface area contributed by atoms with Gasteiger partial charge in [-0.1, -0.05) is 0 Å². The molecule has 0 spiro atoms. The van der Waals surface area contributed by atoms with Gasteiger partial charge < -0.3 is 18.8 Å². The average molecular weight is 330 g/mol. The van der Waals surface area contributed by atoms with E-state index in [0.717, 1.165) is 31.5 Å². The maximum Gasteiger partial charge on any atom is 0.223 e. The average Bonchev–Trinajstić information content (AvgIpc) is 3.30. The van der Waals surface area contributed by atoms with Crippen molar-refractivity contribution in [3.63, 3.8) is 0 Å². The van der Waals surface area contributed by atoms with Gasteiger partial charge in [-0.15, -0.1) is 0 Å². The van der Waals surface area contributed by atoms with Crippen LogP contribution in [0.25, 0.3) is 11.3 Å². The van der Waals surface area contributed by atoms with Crippen molar-refractivity contribution < 1.29 is 18.7 Å². The van der Waals surface area contributed by atoms with Gasteiger partial charge in [0.2, 0.25) is 5.91 Å². The fourth-order valence-corrected chi connectivity index (χ4v) is 2.89. The molecule has 2 heterocycles. The second-order valence-electron chi connectivity index (χ2n) is 5.77. The number of benzene rings is 1. The summed E-state index contributed by atoms with van der Waals surface area (Å²) in [6.45, 7) is 1.75. The number of hydrogen-bond acceptors (Lipinski definition) is 5. The van der Waals surface area contributed by atoms with Gasteiger partial charge in [0.05, 0.1) is 26.0 Å². The zero-order chi connectivity index (χ0) is 16.9. The molecule has 0 N–H and O–H groups in total. The van der Waals surface area contributed by atoms with Crippen LogP contribution in [0.2, 0.25) is 0 Å². The Kier molecular flexibility index (Phi) is 5.03. The fourth-order valence-electron chi connectivity index (χ4n) is 2.89. The zero-order valence-corrected chi connectivity index (χ0v) is 14.1. The molecule has 0 atom stereocenters. The number of nitrogens with zero attached hydrogens (tertiary/aromatic N) is 2. The summed E-state index contributed by atoms with van der Waals surface area (Å²) in [6, 6.07) is 5.52. The molecule has 3 rings (SSSR count). The fraction of sp³-hybridized carbons (Fsp3) is 0.444. The summed E-state index contributed by atoms with van der Waals surface area (Å²) in [5.74, 6) is 2.74. The second kappa shape index (κ2) is 7.38. The number of amides is 1. The molecule has 2 aromatic rings. The van der Waals surface area contributed by atoms with Crippen LogP contribution in [0.3, 0.4) is 0 Å². The smallest absolute Gasteiger partial charge is 0.223 e. The highest BCUT2D eigenvalue weighted by Gasteiger charge is 2.19. The van der Waals surface area contributed by atoms with Crippen LogP contribution in [0.4, 0.5) is 0 Å². The van der Waals surface area contributed by atoms with Crippen LogP contribution >= 0.6 is 0 Å². The summed E-state index contributed by atoms with van der Waals surface area (Å²) in [4.78, 5) is 18.3. The molecule has 1 amide bonds. The molecule has 6 nitrogen and oxygen atoms in total. The maximum atomic E-state index is 12.1. The molecular weight excluding hydrogens is 308 g/mol. The molecule has 128 valence electrons. The van der Waals surface area contributed by atoms with Crippen molar-refractivity contribution in [1.29, 1.82) is 0 Å². The number of likely N-dealkylation sites (tertiary alicyclic amines) is 1. The van der Waals surface area contributed by atoms with E-state index in [1.165, 1.54) is 0 Å². The summed E-state index contributed by atoms with van der Waals surface area (Å²) in [6.07, 6.45) is 4.81. The number of carbonyl (C=O) groups excluding carboxylic acids is 1. The SMILES string of the molecule is COc1ccc(-c2cnc(CCC(=O)N3CCCC3)o2)c(OC)c1. The summed E-state index contributed by atoms with van der Waals surface area (Å²) in [5.41, 5.74) is 0.808. The highest BCUT2D eigenvalue weighted by Crippen LogP contribution is 2.33. The van der Waals surface area contributed by atoms with Crippen molar-refractivity contribution in [1.82, 2.24) is 9.88 Å². The Bertz CT molecular complexity index is 705. The minimum Gasteiger partial charge on any atom is -0.497 e. The van der Waals surface area contributed by atoms with E-state index in [4.69, 9.17) is 13.9 Å². The molecular formula is C18H22N2O4. The monoisotopic (exact) mass is 330 g/mol. The van der Waals surface area contributed by atoms with E-state index >= 15 is 0 Å². The van der Waals surface area contributed by atoms with E-state index in [1.807, 2.05) is 17.0 Å². The highest BCUT2D eigenvalue weighted by atomic mass is 16.5. The van der Waals surface area contributed by atoms with Crippen molar-refractivity contribution in [2.24, 2.45) is 0 Å². The minimum absolute atomic E-state index is 0.175. The third-order valence-electron chi connectivity index (χ3n) is 4.24. The lowest BCUT2D eigenvalue weighted by Crippen LogP contribution is -2.27. The van der Waals surface area contributed by atoms with Gasteiger partial charge in [-0.25, -0.2) is 4.98 Å². The molecule has 0 radical (unpaired) electrons. The first-order valence-electron chi connectivity index (χ1n) is 8.16. The maximum absolute atomic E-state index is 12.1. The van der Waals surface area contributed by atoms with Crippen LogP contribution in [0.1, 0.15) is 25.2 Å². The van der Waals surface area contributed by atoms with Crippen molar-refractivity contribution in [3.05, 3.63) is 30.3 Å². The topological polar surface area (TPSA) is 64.8 Å². The van der Waals surface area contributed by atoms with Gasteiger partial charge in [0.1, 0.15) is 11.5 Å². The van der Waals surface area contributed by atoms with Gasteiger partial charge >= 0.3 is 0 Å². The molecule has 0 bridgehead atoms. The van der Waals surface area contributed by atoms with E-state index in [2.05, 4.69) is 4.98 Å². The lowest BCUT2D eigenvalue weighted by atomic mass is 10.1. The summed E-state index contributed by atoms with van der Waals surface area (Å²) in [5, 5.41) is 0. The molecule has 0 saturated carbocycles. The highest BCUT2D eigenvalue weighted by molar-refractivity contribution is 5.76. The number of ether oxygens (including phenoxy) is 2. The van der Waals surface area contributed by atoms with Gasteiger partial charge in [-0.2, -0.15) is 0 Å². The summed E-state index contributed by atoms with van der Waals surface area (Å²) >= 11 is 0. The Hall–Kier alpha value is -2.50. The Morgan fingerprint density at radius 2 is 2.04 bits per heavy atom. The Balaban J connectivity index is 1.68. The van der Waals surface area contributed by atoms with Crippen molar-refractivity contribution in [2.45, 2.75) is 25.7 Å². The molecule has 1 aliphatic heterocycles. The van der Waals surface area contributed by atoms with E-state index in [9.17, 15) is 4.79 Å². The van der Waals surface area contributed by atoms with Gasteiger partial charge in [0, 0.05) is 32.0 Å². The first-order valence-corrected chi connectivity index (χ1v) is 8.16. The quantitative estimate of drug-likeness (QED) is 0.815. The number of aromatic nitrogens is 1. The largest absolute Gasteiger partial charge is 0.497 e. The Morgan fingerprint density at radius 1 is 1.25 bits per heavy atom. The third-order valence-corrected chi connectivity index (χ3v) is 4.24. The van der Waals surface area contributed by atoms with Crippen molar-refractivity contribution in [2.75, 3.05) is 27.3 Å². The molecule has 1 aromatic carbocycles. The van der Waals surface area contributed by atoms with Crippen LogP contribution in [-0.4, -0.2) is 43.1 Å². The van der Waals surface area contributed by atoms with Gasteiger partial charge in [0.15, 0.2) is 11.7 Å². The molecule has 1 aromatic heterocycles. The zero-order valence-electron chi connectivity index (χ0n) is 14.1. The lowest BCUT2D eigenvalue weighted by Gasteiger charge is -2.14. The van der Waals surface area contributed by atoms with Crippen LogP contribution < -0.4 is 9.47 Å². The van der Waals surface area contributed by atoms with Crippen LogP contribution in [0, 0.1) is 0 Å². The predicted molar refractivity (Wildman–Crippen MR) is 89.2 cm³/mol. The Labute approximate surface area is 141 Å². The second-order valence-corrected chi connectivity index (χ2v) is 5.77. The van der Waals surface area contributed by atoms with E-state index < -0.39 is 0 Å². The molecule has 24 heavy (non-hydrogen) atoms. The summed E-state index contributed by atoms with van der Waals surface area (Å²) in [7, 11) is 3.21. The standard InChI is InChI=1S/C18H22N2O4/c1-22-13-5-6-14(15(11-13)23-2)16-12-19-17(24-16)7-8-18(21)20-9-3-4-10-20/h5-6,11-12H,3-4,7-10H2,1-2H3. The van der Waals surface area contributed by atoms with Gasteiger partial charge in [0.25, 0.3) is 0 Å². The molecule has 1 fully saturated rings. The molecule has 1 saturated heterocycles. The first-order chi connectivity index (χ1) is 11.7.